The maximum Gasteiger partial charge on any atom is 0.0842 e. The first-order valence-corrected chi connectivity index (χ1v) is 5.76. The molecular weight excluding hydrogens is 180 g/mol. The molecule has 0 saturated carbocycles. The molecule has 14 heavy (non-hydrogen) atoms. The Bertz CT molecular complexity index is 69.4. The number of nitrogens with one attached hydrogen (secondary N) is 2. The highest BCUT2D eigenvalue weighted by molar-refractivity contribution is 4.47. The van der Waals surface area contributed by atoms with Gasteiger partial charge in [0, 0.05) is 6.54 Å². The summed E-state index contributed by atoms with van der Waals surface area (Å²) in [6.45, 7) is 1.61. The molecule has 1 rings (SSSR count). The van der Waals surface area contributed by atoms with Crippen molar-refractivity contribution in [2.75, 3.05) is 13.2 Å². The average molecular weight is 202 g/mol. The normalized spacial score (nSPS) is 24.0. The SMILES string of the molecule is C1CCCCCOONNCCCC1. The fraction of sp³-hybridized carbons (Fsp3) is 1.00. The van der Waals surface area contributed by atoms with Crippen LogP contribution in [0.3, 0.4) is 0 Å². The number of rotatable bonds is 0. The number of hydrazine groups is 1. The summed E-state index contributed by atoms with van der Waals surface area (Å²) in [7, 11) is 0. The van der Waals surface area contributed by atoms with Crippen LogP contribution in [0.25, 0.3) is 0 Å². The zero-order valence-electron chi connectivity index (χ0n) is 8.89. The molecule has 0 unspecified atom stereocenters. The molecule has 0 aromatic rings. The topological polar surface area (TPSA) is 42.5 Å². The molecule has 0 aromatic carbocycles. The molecule has 2 N–H and O–H groups in total. The third-order valence-corrected chi connectivity index (χ3v) is 2.45. The molecule has 4 nitrogen and oxygen atoms in total. The van der Waals surface area contributed by atoms with Gasteiger partial charge in [0.2, 0.25) is 0 Å². The second-order valence-electron chi connectivity index (χ2n) is 3.76. The minimum atomic E-state index is 0.675. The van der Waals surface area contributed by atoms with Gasteiger partial charge in [-0.3, -0.25) is 0 Å². The smallest absolute Gasteiger partial charge is 0.0842 e. The molecule has 1 heterocycles. The number of hydrogen-bond donors (Lipinski definition) is 2. The van der Waals surface area contributed by atoms with Crippen LogP contribution in [-0.2, 0) is 9.88 Å². The van der Waals surface area contributed by atoms with E-state index in [2.05, 4.69) is 11.0 Å². The quantitative estimate of drug-likeness (QED) is 0.590. The summed E-state index contributed by atoms with van der Waals surface area (Å²) in [4.78, 5) is 9.62. The van der Waals surface area contributed by atoms with Gasteiger partial charge in [-0.2, -0.15) is 0 Å². The van der Waals surface area contributed by atoms with Gasteiger partial charge in [0.15, 0.2) is 0 Å². The predicted molar refractivity (Wildman–Crippen MR) is 55.1 cm³/mol. The number of hydrogen-bond acceptors (Lipinski definition) is 4. The van der Waals surface area contributed by atoms with Gasteiger partial charge in [0.25, 0.3) is 0 Å². The summed E-state index contributed by atoms with van der Waals surface area (Å²) in [5.74, 6) is 0. The summed E-state index contributed by atoms with van der Waals surface area (Å²) in [6.07, 6.45) is 10.3. The van der Waals surface area contributed by atoms with Gasteiger partial charge in [0.1, 0.15) is 0 Å². The molecule has 0 atom stereocenters. The molecule has 84 valence electrons. The molecule has 0 bridgehead atoms. The Hall–Kier alpha value is -0.160. The summed E-state index contributed by atoms with van der Waals surface area (Å²) >= 11 is 0. The first-order valence-electron chi connectivity index (χ1n) is 5.76. The van der Waals surface area contributed by atoms with Crippen LogP contribution in [0.5, 0.6) is 0 Å². The van der Waals surface area contributed by atoms with Crippen molar-refractivity contribution in [3.05, 3.63) is 0 Å². The summed E-state index contributed by atoms with van der Waals surface area (Å²) in [5, 5.41) is 0. The van der Waals surface area contributed by atoms with Crippen molar-refractivity contribution < 1.29 is 9.88 Å². The van der Waals surface area contributed by atoms with Crippen LogP contribution < -0.4 is 11.0 Å². The van der Waals surface area contributed by atoms with Gasteiger partial charge in [0.05, 0.1) is 6.61 Å². The second kappa shape index (κ2) is 9.40. The molecule has 1 saturated heterocycles. The standard InChI is InChI=1S/C10H22N2O2/c1-2-4-6-8-10-13-14-12-11-9-7-5-3-1/h11-12H,1-10H2. The third kappa shape index (κ3) is 7.26. The van der Waals surface area contributed by atoms with E-state index in [4.69, 9.17) is 9.88 Å². The summed E-state index contributed by atoms with van der Waals surface area (Å²) < 4.78 is 0. The lowest BCUT2D eigenvalue weighted by atomic mass is 10.1. The fourth-order valence-electron chi connectivity index (χ4n) is 1.59. The van der Waals surface area contributed by atoms with Crippen molar-refractivity contribution in [1.82, 2.24) is 11.0 Å². The highest BCUT2D eigenvalue weighted by Crippen LogP contribution is 2.08. The first-order chi connectivity index (χ1) is 7.00. The fourth-order valence-corrected chi connectivity index (χ4v) is 1.59. The lowest BCUT2D eigenvalue weighted by molar-refractivity contribution is -0.345. The molecule has 0 aliphatic carbocycles. The zero-order chi connectivity index (χ0) is 9.90. The van der Waals surface area contributed by atoms with E-state index in [1.54, 1.807) is 0 Å². The largest absolute Gasteiger partial charge is 0.232 e. The molecule has 0 aromatic heterocycles. The monoisotopic (exact) mass is 202 g/mol. The van der Waals surface area contributed by atoms with Crippen LogP contribution in [0.2, 0.25) is 0 Å². The molecule has 0 radical (unpaired) electrons. The molecule has 1 fully saturated rings. The Morgan fingerprint density at radius 1 is 0.714 bits per heavy atom. The molecule has 1 aliphatic rings. The Balaban J connectivity index is 2.00. The Morgan fingerprint density at radius 2 is 1.36 bits per heavy atom. The van der Waals surface area contributed by atoms with Crippen molar-refractivity contribution in [2.24, 2.45) is 0 Å². The zero-order valence-corrected chi connectivity index (χ0v) is 8.89. The second-order valence-corrected chi connectivity index (χ2v) is 3.76. The minimum Gasteiger partial charge on any atom is -0.232 e. The van der Waals surface area contributed by atoms with Crippen molar-refractivity contribution in [2.45, 2.75) is 51.4 Å². The Kier molecular flexibility index (Phi) is 8.00. The van der Waals surface area contributed by atoms with E-state index < -0.39 is 0 Å². The molecular formula is C10H22N2O2. The van der Waals surface area contributed by atoms with E-state index in [-0.39, 0.29) is 0 Å². The van der Waals surface area contributed by atoms with E-state index in [1.165, 1.54) is 44.9 Å². The van der Waals surface area contributed by atoms with Crippen LogP contribution in [0.15, 0.2) is 0 Å². The van der Waals surface area contributed by atoms with Crippen LogP contribution in [-0.4, -0.2) is 13.2 Å². The van der Waals surface area contributed by atoms with E-state index in [1.807, 2.05) is 0 Å². The van der Waals surface area contributed by atoms with Gasteiger partial charge < -0.3 is 0 Å². The van der Waals surface area contributed by atoms with Crippen molar-refractivity contribution in [3.8, 4) is 0 Å². The van der Waals surface area contributed by atoms with Crippen molar-refractivity contribution >= 4 is 0 Å². The minimum absolute atomic E-state index is 0.675. The molecule has 1 aliphatic heterocycles. The molecule has 0 amide bonds. The van der Waals surface area contributed by atoms with Gasteiger partial charge in [-0.05, 0) is 12.8 Å². The highest BCUT2D eigenvalue weighted by atomic mass is 17.3. The first kappa shape index (κ1) is 11.9. The van der Waals surface area contributed by atoms with Crippen LogP contribution >= 0.6 is 0 Å². The van der Waals surface area contributed by atoms with Gasteiger partial charge in [-0.1, -0.05) is 38.5 Å². The van der Waals surface area contributed by atoms with Crippen LogP contribution in [0.1, 0.15) is 51.4 Å². The maximum atomic E-state index is 4.90. The highest BCUT2D eigenvalue weighted by Gasteiger charge is 1.95. The summed E-state index contributed by atoms with van der Waals surface area (Å²) in [5.41, 5.74) is 5.51. The van der Waals surface area contributed by atoms with E-state index in [0.717, 1.165) is 13.0 Å². The lowest BCUT2D eigenvalue weighted by Gasteiger charge is -2.08. The Morgan fingerprint density at radius 3 is 2.14 bits per heavy atom. The maximum absolute atomic E-state index is 4.90. The van der Waals surface area contributed by atoms with Gasteiger partial charge in [-0.15, -0.1) is 10.6 Å². The van der Waals surface area contributed by atoms with Gasteiger partial charge in [-0.25, -0.2) is 10.3 Å². The Labute approximate surface area is 86.2 Å². The van der Waals surface area contributed by atoms with E-state index in [0.29, 0.717) is 6.61 Å². The lowest BCUT2D eigenvalue weighted by Crippen LogP contribution is -2.32. The van der Waals surface area contributed by atoms with Gasteiger partial charge >= 0.3 is 0 Å². The van der Waals surface area contributed by atoms with E-state index >= 15 is 0 Å². The van der Waals surface area contributed by atoms with Crippen LogP contribution in [0.4, 0.5) is 0 Å². The van der Waals surface area contributed by atoms with Crippen molar-refractivity contribution in [3.63, 3.8) is 0 Å². The van der Waals surface area contributed by atoms with E-state index in [9.17, 15) is 0 Å². The third-order valence-electron chi connectivity index (χ3n) is 2.45. The van der Waals surface area contributed by atoms with Crippen LogP contribution in [0, 0.1) is 0 Å². The predicted octanol–water partition coefficient (Wildman–Crippen LogP) is 2.08. The molecule has 0 spiro atoms. The summed E-state index contributed by atoms with van der Waals surface area (Å²) in [6, 6.07) is 0. The molecule has 4 heteroatoms. The van der Waals surface area contributed by atoms with Crippen molar-refractivity contribution in [1.29, 1.82) is 0 Å². The average Bonchev–Trinajstić information content (AvgIpc) is 2.22.